The molecule has 0 heterocycles. The molecule has 1 aromatic carbocycles. The van der Waals surface area contributed by atoms with Crippen molar-refractivity contribution in [1.82, 2.24) is 16.0 Å². The van der Waals surface area contributed by atoms with E-state index in [4.69, 9.17) is 10.8 Å². The topological polar surface area (TPSA) is 208 Å². The molecular weight excluding hydrogens is 468 g/mol. The van der Waals surface area contributed by atoms with Gasteiger partial charge in [-0.25, -0.2) is 4.79 Å². The molecule has 0 bridgehead atoms. The molecule has 0 spiro atoms. The Bertz CT molecular complexity index is 893. The van der Waals surface area contributed by atoms with Crippen molar-refractivity contribution in [3.8, 4) is 5.75 Å². The van der Waals surface area contributed by atoms with E-state index in [0.29, 0.717) is 5.56 Å². The van der Waals surface area contributed by atoms with E-state index in [-0.39, 0.29) is 17.9 Å². The summed E-state index contributed by atoms with van der Waals surface area (Å²) in [6, 6.07) is 0.624. The van der Waals surface area contributed by atoms with Crippen molar-refractivity contribution in [2.45, 2.75) is 50.9 Å². The SMILES string of the molecule is CC(C)C(NC(=O)C(CC(=O)O)NC(=O)C(N)CS)C(=O)NC(Cc1ccc(O)cc1)C(=O)O. The van der Waals surface area contributed by atoms with Gasteiger partial charge in [-0.05, 0) is 23.6 Å². The number of thiol groups is 1. The Hall–Kier alpha value is -3.32. The maximum Gasteiger partial charge on any atom is 0.326 e. The lowest BCUT2D eigenvalue weighted by molar-refractivity contribution is -0.143. The Morgan fingerprint density at radius 2 is 1.47 bits per heavy atom. The van der Waals surface area contributed by atoms with Crippen LogP contribution >= 0.6 is 12.6 Å². The lowest BCUT2D eigenvalue weighted by atomic mass is 10.0. The van der Waals surface area contributed by atoms with Crippen molar-refractivity contribution in [1.29, 1.82) is 0 Å². The van der Waals surface area contributed by atoms with Gasteiger partial charge >= 0.3 is 11.9 Å². The first-order chi connectivity index (χ1) is 15.8. The first kappa shape index (κ1) is 28.7. The maximum absolute atomic E-state index is 12.8. The lowest BCUT2D eigenvalue weighted by Gasteiger charge is -2.26. The fourth-order valence-corrected chi connectivity index (χ4v) is 3.03. The zero-order valence-corrected chi connectivity index (χ0v) is 19.6. The van der Waals surface area contributed by atoms with Crippen LogP contribution in [0.5, 0.6) is 5.75 Å². The molecule has 12 nitrogen and oxygen atoms in total. The van der Waals surface area contributed by atoms with E-state index < -0.39 is 66.2 Å². The summed E-state index contributed by atoms with van der Waals surface area (Å²) in [7, 11) is 0. The molecule has 3 amide bonds. The molecule has 4 unspecified atom stereocenters. The fraction of sp³-hybridized carbons (Fsp3) is 0.476. The summed E-state index contributed by atoms with van der Waals surface area (Å²) in [5.41, 5.74) is 6.09. The summed E-state index contributed by atoms with van der Waals surface area (Å²) < 4.78 is 0. The molecule has 4 atom stereocenters. The van der Waals surface area contributed by atoms with E-state index >= 15 is 0 Å². The number of phenols is 1. The van der Waals surface area contributed by atoms with Crippen LogP contribution in [0, 0.1) is 5.92 Å². The highest BCUT2D eigenvalue weighted by atomic mass is 32.1. The largest absolute Gasteiger partial charge is 0.508 e. The minimum Gasteiger partial charge on any atom is -0.508 e. The third kappa shape index (κ3) is 9.27. The molecule has 1 aromatic rings. The molecule has 1 rings (SSSR count). The van der Waals surface area contributed by atoms with E-state index in [9.17, 15) is 34.2 Å². The minimum atomic E-state index is -1.52. The predicted molar refractivity (Wildman–Crippen MR) is 124 cm³/mol. The van der Waals surface area contributed by atoms with E-state index in [1.807, 2.05) is 0 Å². The van der Waals surface area contributed by atoms with E-state index in [0.717, 1.165) is 0 Å². The number of nitrogens with two attached hydrogens (primary N) is 1. The molecule has 188 valence electrons. The zero-order chi connectivity index (χ0) is 26.0. The van der Waals surface area contributed by atoms with Crippen LogP contribution in [0.3, 0.4) is 0 Å². The number of phenolic OH excluding ortho intramolecular Hbond substituents is 1. The van der Waals surface area contributed by atoms with Gasteiger partial charge in [0, 0.05) is 12.2 Å². The number of carboxylic acids is 2. The number of aromatic hydroxyl groups is 1. The molecule has 0 aliphatic heterocycles. The molecule has 0 aromatic heterocycles. The average Bonchev–Trinajstić information content (AvgIpc) is 2.76. The maximum atomic E-state index is 12.8. The van der Waals surface area contributed by atoms with Crippen molar-refractivity contribution in [2.75, 3.05) is 5.75 Å². The Balaban J connectivity index is 2.97. The number of hydrogen-bond acceptors (Lipinski definition) is 8. The Morgan fingerprint density at radius 3 is 1.94 bits per heavy atom. The quantitative estimate of drug-likeness (QED) is 0.154. The van der Waals surface area contributed by atoms with Crippen molar-refractivity contribution in [3.63, 3.8) is 0 Å². The molecule has 0 radical (unpaired) electrons. The van der Waals surface area contributed by atoms with Crippen LogP contribution < -0.4 is 21.7 Å². The summed E-state index contributed by atoms with van der Waals surface area (Å²) >= 11 is 3.88. The number of amides is 3. The second kappa shape index (κ2) is 13.4. The van der Waals surface area contributed by atoms with Gasteiger partial charge < -0.3 is 37.0 Å². The first-order valence-electron chi connectivity index (χ1n) is 10.4. The smallest absolute Gasteiger partial charge is 0.326 e. The molecule has 0 aliphatic carbocycles. The number of benzene rings is 1. The highest BCUT2D eigenvalue weighted by Crippen LogP contribution is 2.12. The second-order valence-corrected chi connectivity index (χ2v) is 8.31. The van der Waals surface area contributed by atoms with Crippen molar-refractivity contribution in [2.24, 2.45) is 11.7 Å². The highest BCUT2D eigenvalue weighted by molar-refractivity contribution is 7.80. The number of nitrogens with one attached hydrogen (secondary N) is 3. The van der Waals surface area contributed by atoms with Crippen molar-refractivity contribution >= 4 is 42.3 Å². The summed E-state index contributed by atoms with van der Waals surface area (Å²) in [5, 5.41) is 35.0. The van der Waals surface area contributed by atoms with E-state index in [1.165, 1.54) is 24.3 Å². The molecule has 0 fully saturated rings. The van der Waals surface area contributed by atoms with Crippen molar-refractivity contribution in [3.05, 3.63) is 29.8 Å². The van der Waals surface area contributed by atoms with Gasteiger partial charge in [-0.2, -0.15) is 12.6 Å². The lowest BCUT2D eigenvalue weighted by Crippen LogP contribution is -2.59. The van der Waals surface area contributed by atoms with Crippen LogP contribution in [0.4, 0.5) is 0 Å². The normalized spacial score (nSPS) is 14.4. The van der Waals surface area contributed by atoms with Gasteiger partial charge in [0.25, 0.3) is 0 Å². The number of carbonyl (C=O) groups is 5. The summed E-state index contributed by atoms with van der Waals surface area (Å²) in [5.74, 6) is -5.77. The molecule has 0 saturated heterocycles. The zero-order valence-electron chi connectivity index (χ0n) is 18.7. The average molecular weight is 499 g/mol. The van der Waals surface area contributed by atoms with Crippen LogP contribution in [0.1, 0.15) is 25.8 Å². The van der Waals surface area contributed by atoms with E-state index in [1.54, 1.807) is 13.8 Å². The van der Waals surface area contributed by atoms with Crippen LogP contribution in [0.2, 0.25) is 0 Å². The third-order valence-corrected chi connectivity index (χ3v) is 5.18. The summed E-state index contributed by atoms with van der Waals surface area (Å²) in [6.07, 6.45) is -0.846. The second-order valence-electron chi connectivity index (χ2n) is 7.95. The summed E-state index contributed by atoms with van der Waals surface area (Å²) in [4.78, 5) is 60.4. The van der Waals surface area contributed by atoms with Crippen molar-refractivity contribution < 1.29 is 39.3 Å². The van der Waals surface area contributed by atoms with Crippen LogP contribution in [-0.2, 0) is 30.4 Å². The van der Waals surface area contributed by atoms with Crippen LogP contribution in [-0.4, -0.2) is 74.9 Å². The highest BCUT2D eigenvalue weighted by Gasteiger charge is 2.32. The minimum absolute atomic E-state index is 0.000534. The predicted octanol–water partition coefficient (Wildman–Crippen LogP) is -1.14. The summed E-state index contributed by atoms with van der Waals surface area (Å²) in [6.45, 7) is 3.20. The molecular formula is C21H30N4O8S. The molecule has 34 heavy (non-hydrogen) atoms. The standard InChI is InChI=1S/C21H30N4O8S/c1-10(2)17(25-19(30)14(8-16(27)28)23-18(29)13(22)9-34)20(31)24-15(21(32)33)7-11-3-5-12(26)6-4-11/h3-6,10,13-15,17,26,34H,7-9,22H2,1-2H3,(H,23,29)(H,24,31)(H,25,30)(H,27,28)(H,32,33). The first-order valence-corrected chi connectivity index (χ1v) is 11.0. The van der Waals surface area contributed by atoms with Gasteiger partial charge in [0.05, 0.1) is 12.5 Å². The van der Waals surface area contributed by atoms with Crippen LogP contribution in [0.25, 0.3) is 0 Å². The van der Waals surface area contributed by atoms with Gasteiger partial charge in [0.15, 0.2) is 0 Å². The number of hydrogen-bond donors (Lipinski definition) is 8. The number of carbonyl (C=O) groups excluding carboxylic acids is 3. The number of carboxylic acid groups (broad SMARTS) is 2. The monoisotopic (exact) mass is 498 g/mol. The van der Waals surface area contributed by atoms with E-state index in [2.05, 4.69) is 28.6 Å². The molecule has 0 aliphatic rings. The van der Waals surface area contributed by atoms with Gasteiger partial charge in [-0.3, -0.25) is 19.2 Å². The fourth-order valence-electron chi connectivity index (χ4n) is 2.86. The molecule has 13 heteroatoms. The van der Waals surface area contributed by atoms with Gasteiger partial charge in [-0.1, -0.05) is 26.0 Å². The van der Waals surface area contributed by atoms with Gasteiger partial charge in [0.1, 0.15) is 23.9 Å². The van der Waals surface area contributed by atoms with Gasteiger partial charge in [0.2, 0.25) is 17.7 Å². The van der Waals surface area contributed by atoms with Crippen LogP contribution in [0.15, 0.2) is 24.3 Å². The Labute approximate surface area is 201 Å². The Morgan fingerprint density at radius 1 is 0.912 bits per heavy atom. The number of rotatable bonds is 13. The molecule has 8 N–H and O–H groups in total. The van der Waals surface area contributed by atoms with Gasteiger partial charge in [-0.15, -0.1) is 0 Å². The Kier molecular flexibility index (Phi) is 11.3. The molecule has 0 saturated carbocycles. The number of aliphatic carboxylic acids is 2. The third-order valence-electron chi connectivity index (χ3n) is 4.78.